The standard InChI is InChI=1S/C23H26N2O4S3/c1-16-8-10-18(11-9-16)32(27,28)14-12-21(26)25(15-17-5-4-13-29-17)23-24-22-19(30-2)6-3-7-20(22)31-23/h3,6-11,17H,4-5,12-15H2,1-2H3. The van der Waals surface area contributed by atoms with Crippen molar-refractivity contribution in [1.82, 2.24) is 4.98 Å². The minimum atomic E-state index is -3.55. The Morgan fingerprint density at radius 2 is 2.03 bits per heavy atom. The first-order valence-electron chi connectivity index (χ1n) is 10.5. The number of thiazole rings is 1. The number of fused-ring (bicyclic) bond motifs is 1. The molecule has 1 fully saturated rings. The van der Waals surface area contributed by atoms with Crippen molar-refractivity contribution >= 4 is 54.2 Å². The average molecular weight is 491 g/mol. The Morgan fingerprint density at radius 1 is 1.25 bits per heavy atom. The minimum Gasteiger partial charge on any atom is -0.376 e. The Bertz CT molecular complexity index is 1200. The molecule has 0 saturated carbocycles. The van der Waals surface area contributed by atoms with Gasteiger partial charge in [-0.3, -0.25) is 9.69 Å². The summed E-state index contributed by atoms with van der Waals surface area (Å²) in [4.78, 5) is 20.9. The van der Waals surface area contributed by atoms with Crippen molar-refractivity contribution in [2.24, 2.45) is 0 Å². The predicted octanol–water partition coefficient (Wildman–Crippen LogP) is 4.70. The molecule has 1 saturated heterocycles. The lowest BCUT2D eigenvalue weighted by atomic mass is 10.2. The molecule has 0 spiro atoms. The summed E-state index contributed by atoms with van der Waals surface area (Å²) >= 11 is 3.07. The van der Waals surface area contributed by atoms with Gasteiger partial charge in [-0.25, -0.2) is 13.4 Å². The number of sulfone groups is 1. The van der Waals surface area contributed by atoms with Gasteiger partial charge in [-0.05, 0) is 50.3 Å². The summed E-state index contributed by atoms with van der Waals surface area (Å²) in [7, 11) is -3.55. The molecule has 1 aromatic heterocycles. The number of para-hydroxylation sites is 1. The van der Waals surface area contributed by atoms with Gasteiger partial charge in [0.15, 0.2) is 15.0 Å². The van der Waals surface area contributed by atoms with Gasteiger partial charge < -0.3 is 4.74 Å². The fraction of sp³-hybridized carbons (Fsp3) is 0.391. The van der Waals surface area contributed by atoms with Crippen LogP contribution in [-0.4, -0.2) is 50.6 Å². The first-order chi connectivity index (χ1) is 15.4. The Morgan fingerprint density at radius 3 is 2.72 bits per heavy atom. The topological polar surface area (TPSA) is 76.6 Å². The maximum Gasteiger partial charge on any atom is 0.229 e. The van der Waals surface area contributed by atoms with Crippen molar-refractivity contribution in [2.75, 3.05) is 30.1 Å². The number of benzene rings is 2. The van der Waals surface area contributed by atoms with Crippen LogP contribution in [0.2, 0.25) is 0 Å². The molecule has 9 heteroatoms. The minimum absolute atomic E-state index is 0.0558. The molecule has 2 aromatic carbocycles. The Balaban J connectivity index is 1.57. The van der Waals surface area contributed by atoms with Crippen molar-refractivity contribution in [2.45, 2.75) is 42.1 Å². The highest BCUT2D eigenvalue weighted by atomic mass is 32.2. The van der Waals surface area contributed by atoms with Crippen LogP contribution in [0.5, 0.6) is 0 Å². The Hall–Kier alpha value is -1.94. The normalized spacial score (nSPS) is 16.5. The van der Waals surface area contributed by atoms with E-state index in [1.165, 1.54) is 11.3 Å². The van der Waals surface area contributed by atoms with Crippen LogP contribution >= 0.6 is 23.1 Å². The largest absolute Gasteiger partial charge is 0.376 e. The number of amides is 1. The number of hydrogen-bond acceptors (Lipinski definition) is 7. The first-order valence-corrected chi connectivity index (χ1v) is 14.2. The highest BCUT2D eigenvalue weighted by molar-refractivity contribution is 7.98. The monoisotopic (exact) mass is 490 g/mol. The van der Waals surface area contributed by atoms with Gasteiger partial charge >= 0.3 is 0 Å². The predicted molar refractivity (Wildman–Crippen MR) is 131 cm³/mol. The third-order valence-electron chi connectivity index (χ3n) is 5.50. The van der Waals surface area contributed by atoms with E-state index in [4.69, 9.17) is 9.72 Å². The summed E-state index contributed by atoms with van der Waals surface area (Å²) in [5.74, 6) is -0.487. The molecule has 1 unspecified atom stereocenters. The second-order valence-electron chi connectivity index (χ2n) is 7.82. The molecular formula is C23H26N2O4S3. The summed E-state index contributed by atoms with van der Waals surface area (Å²) in [6.07, 6.45) is 3.68. The van der Waals surface area contributed by atoms with E-state index in [9.17, 15) is 13.2 Å². The molecule has 0 aliphatic carbocycles. The molecule has 2 heterocycles. The molecule has 1 amide bonds. The number of aryl methyl sites for hydroxylation is 1. The van der Waals surface area contributed by atoms with E-state index >= 15 is 0 Å². The lowest BCUT2D eigenvalue weighted by Crippen LogP contribution is -2.38. The number of aromatic nitrogens is 1. The average Bonchev–Trinajstić information content (AvgIpc) is 3.45. The van der Waals surface area contributed by atoms with Crippen LogP contribution in [0.1, 0.15) is 24.8 Å². The molecular weight excluding hydrogens is 464 g/mol. The van der Waals surface area contributed by atoms with Gasteiger partial charge in [0.25, 0.3) is 0 Å². The van der Waals surface area contributed by atoms with Gasteiger partial charge in [-0.1, -0.05) is 35.1 Å². The number of nitrogens with zero attached hydrogens (tertiary/aromatic N) is 2. The molecule has 0 N–H and O–H groups in total. The van der Waals surface area contributed by atoms with E-state index in [0.29, 0.717) is 18.3 Å². The van der Waals surface area contributed by atoms with E-state index in [0.717, 1.165) is 33.5 Å². The quantitative estimate of drug-likeness (QED) is 0.426. The molecule has 1 atom stereocenters. The van der Waals surface area contributed by atoms with Gasteiger partial charge in [-0.15, -0.1) is 11.8 Å². The van der Waals surface area contributed by atoms with Crippen molar-refractivity contribution in [3.63, 3.8) is 0 Å². The van der Waals surface area contributed by atoms with Crippen LogP contribution in [0.3, 0.4) is 0 Å². The maximum atomic E-state index is 13.3. The van der Waals surface area contributed by atoms with Gasteiger partial charge in [0, 0.05) is 17.9 Å². The Labute approximate surface area is 196 Å². The summed E-state index contributed by atoms with van der Waals surface area (Å²) in [5.41, 5.74) is 1.86. The fourth-order valence-corrected chi connectivity index (χ4v) is 6.57. The number of carbonyl (C=O) groups is 1. The summed E-state index contributed by atoms with van der Waals surface area (Å²) in [6.45, 7) is 2.98. The number of anilines is 1. The van der Waals surface area contributed by atoms with Crippen molar-refractivity contribution in [3.05, 3.63) is 48.0 Å². The number of ether oxygens (including phenoxy) is 1. The smallest absolute Gasteiger partial charge is 0.229 e. The van der Waals surface area contributed by atoms with Crippen molar-refractivity contribution in [3.8, 4) is 0 Å². The van der Waals surface area contributed by atoms with Crippen molar-refractivity contribution < 1.29 is 17.9 Å². The van der Waals surface area contributed by atoms with E-state index in [2.05, 4.69) is 0 Å². The highest BCUT2D eigenvalue weighted by Gasteiger charge is 2.28. The number of carbonyl (C=O) groups excluding carboxylic acids is 1. The third kappa shape index (κ3) is 5.17. The lowest BCUT2D eigenvalue weighted by molar-refractivity contribution is -0.118. The molecule has 3 aromatic rings. The second-order valence-corrected chi connectivity index (χ2v) is 11.8. The fourth-order valence-electron chi connectivity index (χ4n) is 3.69. The van der Waals surface area contributed by atoms with Crippen LogP contribution in [0.4, 0.5) is 5.13 Å². The summed E-state index contributed by atoms with van der Waals surface area (Å²) in [5, 5.41) is 0.592. The second kappa shape index (κ2) is 9.91. The summed E-state index contributed by atoms with van der Waals surface area (Å²) < 4.78 is 32.3. The highest BCUT2D eigenvalue weighted by Crippen LogP contribution is 2.35. The van der Waals surface area contributed by atoms with E-state index < -0.39 is 9.84 Å². The Kier molecular flexibility index (Phi) is 7.19. The molecule has 1 aliphatic rings. The molecule has 32 heavy (non-hydrogen) atoms. The van der Waals surface area contributed by atoms with E-state index in [-0.39, 0.29) is 29.1 Å². The van der Waals surface area contributed by atoms with Crippen LogP contribution in [-0.2, 0) is 19.4 Å². The van der Waals surface area contributed by atoms with Gasteiger partial charge in [0.2, 0.25) is 5.91 Å². The molecule has 6 nitrogen and oxygen atoms in total. The number of hydrogen-bond donors (Lipinski definition) is 0. The van der Waals surface area contributed by atoms with E-state index in [1.54, 1.807) is 40.9 Å². The van der Waals surface area contributed by atoms with Crippen LogP contribution in [0.25, 0.3) is 10.2 Å². The zero-order valence-corrected chi connectivity index (χ0v) is 20.6. The zero-order chi connectivity index (χ0) is 22.7. The first kappa shape index (κ1) is 23.2. The molecule has 170 valence electrons. The van der Waals surface area contributed by atoms with Crippen LogP contribution in [0, 0.1) is 6.92 Å². The van der Waals surface area contributed by atoms with Crippen molar-refractivity contribution in [1.29, 1.82) is 0 Å². The van der Waals surface area contributed by atoms with Gasteiger partial charge in [-0.2, -0.15) is 0 Å². The number of thioether (sulfide) groups is 1. The summed E-state index contributed by atoms with van der Waals surface area (Å²) in [6, 6.07) is 12.7. The van der Waals surface area contributed by atoms with E-state index in [1.807, 2.05) is 31.4 Å². The van der Waals surface area contributed by atoms with Crippen LogP contribution in [0.15, 0.2) is 52.3 Å². The number of rotatable bonds is 8. The van der Waals surface area contributed by atoms with Gasteiger partial charge in [0.1, 0.15) is 0 Å². The zero-order valence-electron chi connectivity index (χ0n) is 18.1. The molecule has 0 bridgehead atoms. The van der Waals surface area contributed by atoms with Gasteiger partial charge in [0.05, 0.1) is 33.5 Å². The molecule has 0 radical (unpaired) electrons. The third-order valence-corrected chi connectivity index (χ3v) is 9.04. The molecule has 1 aliphatic heterocycles. The molecule has 4 rings (SSSR count). The van der Waals surface area contributed by atoms with Crippen LogP contribution < -0.4 is 4.90 Å². The SMILES string of the molecule is CSc1cccc2sc(N(CC3CCCO3)C(=O)CCS(=O)(=O)c3ccc(C)cc3)nc12. The lowest BCUT2D eigenvalue weighted by Gasteiger charge is -2.23. The maximum absolute atomic E-state index is 13.3.